The summed E-state index contributed by atoms with van der Waals surface area (Å²) in [7, 11) is 0. The number of hydrogen-bond acceptors (Lipinski definition) is 7. The first kappa shape index (κ1) is 17.7. The third-order valence-electron chi connectivity index (χ3n) is 4.31. The fraction of sp³-hybridized carbons (Fsp3) is 0.667. The molecule has 3 rings (SSSR count). The lowest BCUT2D eigenvalue weighted by atomic mass is 9.97. The van der Waals surface area contributed by atoms with Gasteiger partial charge in [0.15, 0.2) is 0 Å². The van der Waals surface area contributed by atoms with Crippen molar-refractivity contribution in [3.8, 4) is 0 Å². The smallest absolute Gasteiger partial charge is 0.343 e. The maximum absolute atomic E-state index is 12.5. The van der Waals surface area contributed by atoms with Crippen molar-refractivity contribution in [2.45, 2.75) is 50.8 Å². The number of piperidine rings is 1. The number of aromatic amines is 1. The standard InChI is InChI=1S/C15H22N6O3S/c1-3-11-16-19-15(24-11)25-9-12(22)20-7-5-6-10(8-20)13-17-18-14(23)21(13)4-2/h10H,3-9H2,1-2H3,(H,18,23). The number of hydrogen-bond donors (Lipinski definition) is 1. The van der Waals surface area contributed by atoms with Crippen molar-refractivity contribution in [1.29, 1.82) is 0 Å². The minimum Gasteiger partial charge on any atom is -0.416 e. The number of rotatable bonds is 6. The highest BCUT2D eigenvalue weighted by Gasteiger charge is 2.28. The van der Waals surface area contributed by atoms with Gasteiger partial charge in [0, 0.05) is 32.0 Å². The Kier molecular flexibility index (Phi) is 5.57. The molecule has 1 atom stereocenters. The highest BCUT2D eigenvalue weighted by molar-refractivity contribution is 7.99. The van der Waals surface area contributed by atoms with Gasteiger partial charge in [-0.2, -0.15) is 5.10 Å². The molecule has 2 aromatic rings. The van der Waals surface area contributed by atoms with Crippen LogP contribution in [0, 0.1) is 0 Å². The van der Waals surface area contributed by atoms with Crippen molar-refractivity contribution in [3.05, 3.63) is 22.2 Å². The number of nitrogens with one attached hydrogen (secondary N) is 1. The summed E-state index contributed by atoms with van der Waals surface area (Å²) in [5.41, 5.74) is -0.195. The van der Waals surface area contributed by atoms with E-state index in [0.29, 0.717) is 30.6 Å². The summed E-state index contributed by atoms with van der Waals surface area (Å²) in [5, 5.41) is 14.9. The van der Waals surface area contributed by atoms with Gasteiger partial charge < -0.3 is 9.32 Å². The monoisotopic (exact) mass is 366 g/mol. The van der Waals surface area contributed by atoms with Gasteiger partial charge in [-0.05, 0) is 19.8 Å². The largest absolute Gasteiger partial charge is 0.416 e. The number of aromatic nitrogens is 5. The van der Waals surface area contributed by atoms with Crippen molar-refractivity contribution in [1.82, 2.24) is 29.9 Å². The van der Waals surface area contributed by atoms with Crippen molar-refractivity contribution in [2.24, 2.45) is 0 Å². The number of likely N-dealkylation sites (tertiary alicyclic amines) is 1. The first-order valence-electron chi connectivity index (χ1n) is 8.50. The van der Waals surface area contributed by atoms with E-state index in [-0.39, 0.29) is 23.3 Å². The second kappa shape index (κ2) is 7.85. The first-order chi connectivity index (χ1) is 12.1. The average Bonchev–Trinajstić information content (AvgIpc) is 3.25. The van der Waals surface area contributed by atoms with E-state index >= 15 is 0 Å². The van der Waals surface area contributed by atoms with Crippen LogP contribution in [0.5, 0.6) is 0 Å². The molecule has 0 aromatic carbocycles. The fourth-order valence-corrected chi connectivity index (χ4v) is 3.70. The van der Waals surface area contributed by atoms with E-state index in [1.54, 1.807) is 4.57 Å². The van der Waals surface area contributed by atoms with Crippen molar-refractivity contribution < 1.29 is 9.21 Å². The molecule has 9 nitrogen and oxygen atoms in total. The summed E-state index contributed by atoms with van der Waals surface area (Å²) in [6.07, 6.45) is 2.50. The fourth-order valence-electron chi connectivity index (χ4n) is 3.02. The molecule has 0 aliphatic carbocycles. The minimum atomic E-state index is -0.195. The van der Waals surface area contributed by atoms with E-state index in [9.17, 15) is 9.59 Å². The number of H-pyrrole nitrogens is 1. The Morgan fingerprint density at radius 3 is 2.96 bits per heavy atom. The number of carbonyl (C=O) groups excluding carboxylic acids is 1. The molecule has 1 aliphatic rings. The minimum absolute atomic E-state index is 0.0341. The van der Waals surface area contributed by atoms with Crippen LogP contribution >= 0.6 is 11.8 Å². The molecule has 0 bridgehead atoms. The molecule has 1 aliphatic heterocycles. The Morgan fingerprint density at radius 2 is 2.24 bits per heavy atom. The molecule has 2 aromatic heterocycles. The number of amides is 1. The molecular formula is C15H22N6O3S. The van der Waals surface area contributed by atoms with E-state index < -0.39 is 0 Å². The van der Waals surface area contributed by atoms with Crippen LogP contribution < -0.4 is 5.69 Å². The zero-order chi connectivity index (χ0) is 17.8. The summed E-state index contributed by atoms with van der Waals surface area (Å²) in [6.45, 7) is 5.72. The average molecular weight is 366 g/mol. The molecule has 1 fully saturated rings. The van der Waals surface area contributed by atoms with Crippen LogP contribution in [0.1, 0.15) is 44.3 Å². The first-order valence-corrected chi connectivity index (χ1v) is 9.49. The Balaban J connectivity index is 1.60. The van der Waals surface area contributed by atoms with Crippen LogP contribution in [0.3, 0.4) is 0 Å². The normalized spacial score (nSPS) is 17.8. The molecule has 3 heterocycles. The van der Waals surface area contributed by atoms with E-state index in [1.807, 2.05) is 18.7 Å². The molecule has 0 saturated carbocycles. The topological polar surface area (TPSA) is 110 Å². The maximum Gasteiger partial charge on any atom is 0.343 e. The van der Waals surface area contributed by atoms with Crippen molar-refractivity contribution in [2.75, 3.05) is 18.8 Å². The molecular weight excluding hydrogens is 344 g/mol. The van der Waals surface area contributed by atoms with Gasteiger partial charge in [0.05, 0.1) is 5.75 Å². The summed E-state index contributed by atoms with van der Waals surface area (Å²) in [6, 6.07) is 0. The highest BCUT2D eigenvalue weighted by atomic mass is 32.2. The molecule has 1 N–H and O–H groups in total. The molecule has 0 spiro atoms. The molecule has 1 saturated heterocycles. The zero-order valence-corrected chi connectivity index (χ0v) is 15.2. The van der Waals surface area contributed by atoms with Crippen molar-refractivity contribution >= 4 is 17.7 Å². The summed E-state index contributed by atoms with van der Waals surface area (Å²) < 4.78 is 7.05. The second-order valence-corrected chi connectivity index (χ2v) is 6.84. The number of carbonyl (C=O) groups is 1. The molecule has 0 radical (unpaired) electrons. The van der Waals surface area contributed by atoms with Gasteiger partial charge in [0.2, 0.25) is 11.8 Å². The number of thioether (sulfide) groups is 1. The van der Waals surface area contributed by atoms with Crippen LogP contribution in [0.4, 0.5) is 0 Å². The van der Waals surface area contributed by atoms with Gasteiger partial charge in [-0.1, -0.05) is 18.7 Å². The van der Waals surface area contributed by atoms with Crippen LogP contribution in [0.25, 0.3) is 0 Å². The second-order valence-electron chi connectivity index (χ2n) is 5.91. The van der Waals surface area contributed by atoms with E-state index in [4.69, 9.17) is 4.42 Å². The molecule has 136 valence electrons. The lowest BCUT2D eigenvalue weighted by molar-refractivity contribution is -0.129. The van der Waals surface area contributed by atoms with Crippen molar-refractivity contribution in [3.63, 3.8) is 0 Å². The number of nitrogens with zero attached hydrogens (tertiary/aromatic N) is 5. The Hall–Kier alpha value is -2.10. The predicted molar refractivity (Wildman–Crippen MR) is 91.5 cm³/mol. The lowest BCUT2D eigenvalue weighted by Gasteiger charge is -2.32. The summed E-state index contributed by atoms with van der Waals surface area (Å²) in [4.78, 5) is 26.1. The lowest BCUT2D eigenvalue weighted by Crippen LogP contribution is -2.41. The van der Waals surface area contributed by atoms with Gasteiger partial charge in [-0.25, -0.2) is 9.89 Å². The van der Waals surface area contributed by atoms with E-state index in [2.05, 4.69) is 20.4 Å². The summed E-state index contributed by atoms with van der Waals surface area (Å²) in [5.74, 6) is 1.69. The van der Waals surface area contributed by atoms with Gasteiger partial charge in [-0.15, -0.1) is 10.2 Å². The van der Waals surface area contributed by atoms with Gasteiger partial charge in [0.25, 0.3) is 5.22 Å². The molecule has 1 amide bonds. The maximum atomic E-state index is 12.5. The zero-order valence-electron chi connectivity index (χ0n) is 14.4. The highest BCUT2D eigenvalue weighted by Crippen LogP contribution is 2.26. The van der Waals surface area contributed by atoms with E-state index in [0.717, 1.165) is 25.2 Å². The predicted octanol–water partition coefficient (Wildman–Crippen LogP) is 1.03. The van der Waals surface area contributed by atoms with Gasteiger partial charge >= 0.3 is 5.69 Å². The van der Waals surface area contributed by atoms with Gasteiger partial charge in [0.1, 0.15) is 5.82 Å². The Labute approximate surface area is 149 Å². The summed E-state index contributed by atoms with van der Waals surface area (Å²) >= 11 is 1.26. The third kappa shape index (κ3) is 3.94. The Bertz CT molecular complexity index is 782. The molecule has 25 heavy (non-hydrogen) atoms. The quantitative estimate of drug-likeness (QED) is 0.760. The van der Waals surface area contributed by atoms with Crippen LogP contribution in [0.2, 0.25) is 0 Å². The molecule has 1 unspecified atom stereocenters. The van der Waals surface area contributed by atoms with Gasteiger partial charge in [-0.3, -0.25) is 9.36 Å². The number of aryl methyl sites for hydroxylation is 1. The van der Waals surface area contributed by atoms with Crippen LogP contribution in [0.15, 0.2) is 14.4 Å². The van der Waals surface area contributed by atoms with Crippen LogP contribution in [-0.4, -0.2) is 54.6 Å². The SMILES string of the molecule is CCc1nnc(SCC(=O)N2CCCC(c3n[nH]c(=O)n3CC)C2)o1. The Morgan fingerprint density at radius 1 is 1.40 bits per heavy atom. The molecule has 10 heteroatoms. The van der Waals surface area contributed by atoms with Crippen LogP contribution in [-0.2, 0) is 17.8 Å². The third-order valence-corrected chi connectivity index (χ3v) is 5.12. The van der Waals surface area contributed by atoms with E-state index in [1.165, 1.54) is 11.8 Å².